The van der Waals surface area contributed by atoms with Crippen molar-refractivity contribution in [2.75, 3.05) is 5.32 Å². The first kappa shape index (κ1) is 21.6. The first-order valence-electron chi connectivity index (χ1n) is 9.88. The second-order valence-corrected chi connectivity index (χ2v) is 7.36. The van der Waals surface area contributed by atoms with Crippen molar-refractivity contribution in [3.8, 4) is 0 Å². The number of nitrogens with one attached hydrogen (secondary N) is 1. The van der Waals surface area contributed by atoms with Crippen molar-refractivity contribution in [3.05, 3.63) is 59.4 Å². The molecule has 9 heteroatoms. The van der Waals surface area contributed by atoms with Gasteiger partial charge < -0.3 is 16.2 Å². The molecule has 0 spiro atoms. The van der Waals surface area contributed by atoms with Gasteiger partial charge in [-0.2, -0.15) is 5.10 Å². The molecule has 3 aromatic rings. The average molecular weight is 417 g/mol. The highest BCUT2D eigenvalue weighted by atomic mass is 19.1. The average Bonchev–Trinajstić information content (AvgIpc) is 3.12. The van der Waals surface area contributed by atoms with Crippen LogP contribution in [-0.4, -0.2) is 31.7 Å². The van der Waals surface area contributed by atoms with Gasteiger partial charge in [0.1, 0.15) is 23.0 Å². The third-order valence-electron chi connectivity index (χ3n) is 4.96. The summed E-state index contributed by atoms with van der Waals surface area (Å²) in [6, 6.07) is 4.54. The van der Waals surface area contributed by atoms with Gasteiger partial charge >= 0.3 is 0 Å². The van der Waals surface area contributed by atoms with Gasteiger partial charge in [-0.1, -0.05) is 19.3 Å². The van der Waals surface area contributed by atoms with Crippen LogP contribution in [0.5, 0.6) is 0 Å². The number of rotatable bonds is 4. The van der Waals surface area contributed by atoms with E-state index in [9.17, 15) is 13.6 Å². The molecule has 7 nitrogen and oxygen atoms in total. The molecule has 1 atom stereocenters. The fourth-order valence-corrected chi connectivity index (χ4v) is 3.33. The zero-order valence-corrected chi connectivity index (χ0v) is 16.7. The first-order chi connectivity index (χ1) is 14.3. The zero-order valence-electron chi connectivity index (χ0n) is 16.7. The topological polar surface area (TPSA) is 106 Å². The molecule has 4 rings (SSSR count). The second-order valence-electron chi connectivity index (χ2n) is 7.36. The number of primary amides is 1. The highest BCUT2D eigenvalue weighted by Gasteiger charge is 2.13. The van der Waals surface area contributed by atoms with Crippen LogP contribution in [0.2, 0.25) is 0 Å². The summed E-state index contributed by atoms with van der Waals surface area (Å²) in [5.74, 6) is -1.50. The number of nitrogens with zero attached hydrogens (tertiary/aromatic N) is 3. The van der Waals surface area contributed by atoms with E-state index in [0.717, 1.165) is 18.9 Å². The minimum atomic E-state index is -0.649. The van der Waals surface area contributed by atoms with Gasteiger partial charge in [0.15, 0.2) is 5.65 Å². The molecule has 1 aliphatic carbocycles. The van der Waals surface area contributed by atoms with Crippen molar-refractivity contribution >= 4 is 17.4 Å². The fraction of sp³-hybridized carbons (Fsp3) is 0.381. The van der Waals surface area contributed by atoms with Gasteiger partial charge in [-0.15, -0.1) is 0 Å². The Labute approximate surface area is 172 Å². The predicted octanol–water partition coefficient (Wildman–Crippen LogP) is 3.59. The van der Waals surface area contributed by atoms with Gasteiger partial charge in [0.2, 0.25) is 0 Å². The zero-order chi connectivity index (χ0) is 21.7. The largest absolute Gasteiger partial charge is 0.393 e. The lowest BCUT2D eigenvalue weighted by atomic mass is 9.98. The molecule has 0 aliphatic heterocycles. The number of benzene rings is 1. The number of nitrogens with two attached hydrogens (primary N) is 1. The number of aromatic nitrogens is 3. The quantitative estimate of drug-likeness (QED) is 0.602. The first-order valence-corrected chi connectivity index (χ1v) is 9.88. The van der Waals surface area contributed by atoms with Gasteiger partial charge in [0.05, 0.1) is 18.3 Å². The normalized spacial score (nSPS) is 15.3. The lowest BCUT2D eigenvalue weighted by molar-refractivity contribution is 0.100. The van der Waals surface area contributed by atoms with Crippen molar-refractivity contribution in [2.45, 2.75) is 51.2 Å². The number of halogens is 2. The molecule has 30 heavy (non-hydrogen) atoms. The summed E-state index contributed by atoms with van der Waals surface area (Å²) >= 11 is 0. The SMILES string of the molecule is CC(Nc1ccn2ncc(C(N)=O)c2n1)c1cc(F)cc(F)c1.OC1CCCCC1. The number of carbonyl (C=O) groups excluding carboxylic acids is 1. The maximum absolute atomic E-state index is 13.3. The van der Waals surface area contributed by atoms with E-state index in [0.29, 0.717) is 17.0 Å². The van der Waals surface area contributed by atoms with Crippen molar-refractivity contribution in [3.63, 3.8) is 0 Å². The molecule has 0 saturated heterocycles. The minimum Gasteiger partial charge on any atom is -0.393 e. The molecular weight excluding hydrogens is 392 g/mol. The van der Waals surface area contributed by atoms with Gasteiger partial charge in [0.25, 0.3) is 5.91 Å². The molecule has 1 aromatic carbocycles. The molecule has 1 aliphatic rings. The Balaban J connectivity index is 0.000000310. The summed E-state index contributed by atoms with van der Waals surface area (Å²) in [6.07, 6.45) is 8.86. The van der Waals surface area contributed by atoms with Crippen LogP contribution in [0.4, 0.5) is 14.6 Å². The number of carbonyl (C=O) groups is 1. The molecule has 1 fully saturated rings. The minimum absolute atomic E-state index is 0.0359. The van der Waals surface area contributed by atoms with Crippen LogP contribution in [0.25, 0.3) is 5.65 Å². The summed E-state index contributed by atoms with van der Waals surface area (Å²) in [4.78, 5) is 15.6. The predicted molar refractivity (Wildman–Crippen MR) is 109 cm³/mol. The summed E-state index contributed by atoms with van der Waals surface area (Å²) in [5, 5.41) is 15.9. The van der Waals surface area contributed by atoms with Gasteiger partial charge in [0, 0.05) is 12.3 Å². The van der Waals surface area contributed by atoms with E-state index in [4.69, 9.17) is 10.8 Å². The molecule has 0 bridgehead atoms. The third-order valence-corrected chi connectivity index (χ3v) is 4.96. The second kappa shape index (κ2) is 9.62. The highest BCUT2D eigenvalue weighted by Crippen LogP contribution is 2.21. The number of anilines is 1. The maximum atomic E-state index is 13.3. The summed E-state index contributed by atoms with van der Waals surface area (Å²) < 4.78 is 28.0. The summed E-state index contributed by atoms with van der Waals surface area (Å²) in [5.41, 5.74) is 6.20. The number of amides is 1. The Morgan fingerprint density at radius 1 is 1.23 bits per heavy atom. The Bertz CT molecular complexity index is 998. The van der Waals surface area contributed by atoms with E-state index in [1.807, 2.05) is 0 Å². The lowest BCUT2D eigenvalue weighted by Gasteiger charge is -2.15. The molecule has 0 radical (unpaired) electrons. The van der Waals surface area contributed by atoms with Crippen LogP contribution in [0, 0.1) is 11.6 Å². The lowest BCUT2D eigenvalue weighted by Crippen LogP contribution is -2.12. The number of aliphatic hydroxyl groups excluding tert-OH is 1. The van der Waals surface area contributed by atoms with E-state index >= 15 is 0 Å². The smallest absolute Gasteiger partial charge is 0.254 e. The van der Waals surface area contributed by atoms with Crippen molar-refractivity contribution in [2.24, 2.45) is 5.73 Å². The number of hydrogen-bond acceptors (Lipinski definition) is 5. The Morgan fingerprint density at radius 3 is 2.47 bits per heavy atom. The van der Waals surface area contributed by atoms with Gasteiger partial charge in [-0.25, -0.2) is 18.3 Å². The Hall–Kier alpha value is -3.07. The summed E-state index contributed by atoms with van der Waals surface area (Å²) in [7, 11) is 0. The van der Waals surface area contributed by atoms with Crippen molar-refractivity contribution in [1.29, 1.82) is 0 Å². The van der Waals surface area contributed by atoms with E-state index in [2.05, 4.69) is 15.4 Å². The highest BCUT2D eigenvalue weighted by molar-refractivity contribution is 5.98. The van der Waals surface area contributed by atoms with Gasteiger partial charge in [-0.3, -0.25) is 4.79 Å². The fourth-order valence-electron chi connectivity index (χ4n) is 3.33. The molecule has 1 unspecified atom stereocenters. The molecule has 2 aromatic heterocycles. The van der Waals surface area contributed by atoms with Crippen LogP contribution in [-0.2, 0) is 0 Å². The number of fused-ring (bicyclic) bond motifs is 1. The van der Waals surface area contributed by atoms with Crippen LogP contribution < -0.4 is 11.1 Å². The van der Waals surface area contributed by atoms with Crippen LogP contribution in [0.1, 0.15) is 61.0 Å². The van der Waals surface area contributed by atoms with E-state index in [1.165, 1.54) is 42.1 Å². The Morgan fingerprint density at radius 2 is 1.90 bits per heavy atom. The third kappa shape index (κ3) is 5.50. The van der Waals surface area contributed by atoms with Gasteiger partial charge in [-0.05, 0) is 43.5 Å². The van der Waals surface area contributed by atoms with Crippen LogP contribution in [0.15, 0.2) is 36.7 Å². The molecule has 1 amide bonds. The Kier molecular flexibility index (Phi) is 6.94. The molecule has 160 valence electrons. The number of aliphatic hydroxyl groups is 1. The monoisotopic (exact) mass is 417 g/mol. The van der Waals surface area contributed by atoms with E-state index in [-0.39, 0.29) is 11.7 Å². The van der Waals surface area contributed by atoms with Crippen molar-refractivity contribution < 1.29 is 18.7 Å². The molecular formula is C21H25F2N5O2. The molecule has 2 heterocycles. The number of hydrogen-bond donors (Lipinski definition) is 3. The van der Waals surface area contributed by atoms with Crippen LogP contribution >= 0.6 is 0 Å². The van der Waals surface area contributed by atoms with E-state index in [1.54, 1.807) is 19.2 Å². The van der Waals surface area contributed by atoms with Crippen molar-refractivity contribution in [1.82, 2.24) is 14.6 Å². The summed E-state index contributed by atoms with van der Waals surface area (Å²) in [6.45, 7) is 1.74. The van der Waals surface area contributed by atoms with E-state index < -0.39 is 23.6 Å². The molecule has 4 N–H and O–H groups in total. The van der Waals surface area contributed by atoms with Crippen LogP contribution in [0.3, 0.4) is 0 Å². The standard InChI is InChI=1S/C15H13F2N5O.C6H12O/c1-8(9-4-10(16)6-11(17)5-9)20-13-2-3-22-15(21-13)12(7-19-22)14(18)23;7-6-4-2-1-3-5-6/h2-8H,1H3,(H2,18,23)(H,20,21);6-7H,1-5H2. The molecule has 1 saturated carbocycles. The maximum Gasteiger partial charge on any atom is 0.254 e.